The normalized spacial score (nSPS) is 11.4. The lowest BCUT2D eigenvalue weighted by Crippen LogP contribution is -2.30. The second-order valence-electron chi connectivity index (χ2n) is 3.12. The van der Waals surface area contributed by atoms with E-state index in [-0.39, 0.29) is 0 Å². The maximum Gasteiger partial charge on any atom is 0.299 e. The fourth-order valence-electron chi connectivity index (χ4n) is 0.990. The first-order valence-electron chi connectivity index (χ1n) is 4.67. The van der Waals surface area contributed by atoms with Crippen LogP contribution >= 0.6 is 22.6 Å². The van der Waals surface area contributed by atoms with Gasteiger partial charge >= 0.3 is 0 Å². The molecular formula is C9H12FIN2O2S. The van der Waals surface area contributed by atoms with Crippen LogP contribution < -0.4 is 9.44 Å². The zero-order chi connectivity index (χ0) is 12.2. The first-order valence-corrected chi connectivity index (χ1v) is 7.23. The maximum atomic E-state index is 12.8. The van der Waals surface area contributed by atoms with Gasteiger partial charge in [0.15, 0.2) is 0 Å². The van der Waals surface area contributed by atoms with Gasteiger partial charge in [0, 0.05) is 10.1 Å². The molecule has 7 heteroatoms. The van der Waals surface area contributed by atoms with Crippen LogP contribution in [-0.4, -0.2) is 15.0 Å². The molecule has 0 spiro atoms. The van der Waals surface area contributed by atoms with Crippen molar-refractivity contribution in [1.29, 1.82) is 0 Å². The van der Waals surface area contributed by atoms with E-state index < -0.39 is 16.0 Å². The molecule has 0 amide bonds. The van der Waals surface area contributed by atoms with Gasteiger partial charge < -0.3 is 0 Å². The van der Waals surface area contributed by atoms with E-state index in [0.29, 0.717) is 22.2 Å². The van der Waals surface area contributed by atoms with Crippen LogP contribution in [-0.2, 0) is 10.2 Å². The van der Waals surface area contributed by atoms with Crippen LogP contribution in [0.2, 0.25) is 0 Å². The third-order valence-corrected chi connectivity index (χ3v) is 3.68. The lowest BCUT2D eigenvalue weighted by Gasteiger charge is -2.10. The Kier molecular flexibility index (Phi) is 4.93. The number of halogens is 2. The SMILES string of the molecule is CCCNS(=O)(=O)Nc1ccc(F)cc1I. The molecule has 0 fully saturated rings. The van der Waals surface area contributed by atoms with Gasteiger partial charge in [0.2, 0.25) is 0 Å². The van der Waals surface area contributed by atoms with Gasteiger partial charge in [0.1, 0.15) is 5.82 Å². The summed E-state index contributed by atoms with van der Waals surface area (Å²) in [6, 6.07) is 3.86. The molecule has 1 rings (SSSR count). The van der Waals surface area contributed by atoms with Gasteiger partial charge in [-0.05, 0) is 47.2 Å². The molecule has 0 heterocycles. The standard InChI is InChI=1S/C9H12FIN2O2S/c1-2-5-12-16(14,15)13-9-4-3-7(10)6-8(9)11/h3-4,6,12-13H,2,5H2,1H3. The lowest BCUT2D eigenvalue weighted by atomic mass is 10.3. The molecule has 0 aliphatic carbocycles. The van der Waals surface area contributed by atoms with Crippen molar-refractivity contribution in [3.63, 3.8) is 0 Å². The molecule has 0 saturated heterocycles. The van der Waals surface area contributed by atoms with Crippen LogP contribution in [0.4, 0.5) is 10.1 Å². The molecule has 0 bridgehead atoms. The third kappa shape index (κ3) is 4.22. The molecule has 90 valence electrons. The number of hydrogen-bond donors (Lipinski definition) is 2. The number of anilines is 1. The molecule has 0 aliphatic rings. The summed E-state index contributed by atoms with van der Waals surface area (Å²) in [4.78, 5) is 0. The highest BCUT2D eigenvalue weighted by atomic mass is 127. The summed E-state index contributed by atoms with van der Waals surface area (Å²) in [7, 11) is -3.56. The quantitative estimate of drug-likeness (QED) is 0.792. The maximum absolute atomic E-state index is 12.8. The number of rotatable bonds is 5. The second-order valence-corrected chi connectivity index (χ2v) is 5.79. The minimum absolute atomic E-state index is 0.366. The van der Waals surface area contributed by atoms with Crippen molar-refractivity contribution in [3.8, 4) is 0 Å². The average Bonchev–Trinajstić information content (AvgIpc) is 2.19. The van der Waals surface area contributed by atoms with Crippen LogP contribution in [0.1, 0.15) is 13.3 Å². The summed E-state index contributed by atoms with van der Waals surface area (Å²) in [5, 5.41) is 0. The van der Waals surface area contributed by atoms with E-state index >= 15 is 0 Å². The Labute approximate surface area is 108 Å². The smallest absolute Gasteiger partial charge is 0.270 e. The summed E-state index contributed by atoms with van der Waals surface area (Å²) in [5.74, 6) is -0.395. The summed E-state index contributed by atoms with van der Waals surface area (Å²) < 4.78 is 41.0. The van der Waals surface area contributed by atoms with Crippen molar-refractivity contribution in [1.82, 2.24) is 4.72 Å². The highest BCUT2D eigenvalue weighted by molar-refractivity contribution is 14.1. The molecule has 1 aromatic rings. The van der Waals surface area contributed by atoms with Crippen LogP contribution in [0, 0.1) is 9.39 Å². The van der Waals surface area contributed by atoms with Crippen molar-refractivity contribution in [2.75, 3.05) is 11.3 Å². The Bertz CT molecular complexity index is 465. The predicted octanol–water partition coefficient (Wildman–Crippen LogP) is 2.09. The number of nitrogens with one attached hydrogen (secondary N) is 2. The molecule has 16 heavy (non-hydrogen) atoms. The van der Waals surface area contributed by atoms with Gasteiger partial charge in [-0.25, -0.2) is 4.39 Å². The summed E-state index contributed by atoms with van der Waals surface area (Å²) in [6.07, 6.45) is 0.710. The average molecular weight is 358 g/mol. The van der Waals surface area contributed by atoms with Crippen molar-refractivity contribution in [2.45, 2.75) is 13.3 Å². The summed E-state index contributed by atoms with van der Waals surface area (Å²) >= 11 is 1.87. The van der Waals surface area contributed by atoms with E-state index in [0.717, 1.165) is 0 Å². The first kappa shape index (κ1) is 13.7. The first-order chi connectivity index (χ1) is 7.44. The zero-order valence-corrected chi connectivity index (χ0v) is 11.6. The zero-order valence-electron chi connectivity index (χ0n) is 8.63. The molecule has 4 nitrogen and oxygen atoms in total. The number of hydrogen-bond acceptors (Lipinski definition) is 2. The Morgan fingerprint density at radius 1 is 1.44 bits per heavy atom. The van der Waals surface area contributed by atoms with E-state index in [1.807, 2.05) is 29.5 Å². The molecule has 2 N–H and O–H groups in total. The minimum atomic E-state index is -3.56. The Morgan fingerprint density at radius 2 is 2.12 bits per heavy atom. The second kappa shape index (κ2) is 5.78. The van der Waals surface area contributed by atoms with E-state index in [4.69, 9.17) is 0 Å². The van der Waals surface area contributed by atoms with Gasteiger partial charge in [0.05, 0.1) is 5.69 Å². The molecule has 0 unspecified atom stereocenters. The Hall–Kier alpha value is -0.410. The fraction of sp³-hybridized carbons (Fsp3) is 0.333. The summed E-state index contributed by atoms with van der Waals surface area (Å²) in [5.41, 5.74) is 0.366. The molecule has 1 aromatic carbocycles. The van der Waals surface area contributed by atoms with Gasteiger partial charge in [-0.2, -0.15) is 13.1 Å². The van der Waals surface area contributed by atoms with E-state index in [1.54, 1.807) is 0 Å². The van der Waals surface area contributed by atoms with E-state index in [2.05, 4.69) is 9.44 Å². The van der Waals surface area contributed by atoms with Crippen molar-refractivity contribution in [3.05, 3.63) is 27.6 Å². The van der Waals surface area contributed by atoms with Gasteiger partial charge in [-0.3, -0.25) is 4.72 Å². The van der Waals surface area contributed by atoms with Gasteiger partial charge in [-0.1, -0.05) is 6.92 Å². The predicted molar refractivity (Wildman–Crippen MR) is 70.0 cm³/mol. The summed E-state index contributed by atoms with van der Waals surface area (Å²) in [6.45, 7) is 2.23. The van der Waals surface area contributed by atoms with Crippen molar-refractivity contribution < 1.29 is 12.8 Å². The van der Waals surface area contributed by atoms with Crippen molar-refractivity contribution in [2.24, 2.45) is 0 Å². The van der Waals surface area contributed by atoms with Gasteiger partial charge in [0.25, 0.3) is 10.2 Å². The van der Waals surface area contributed by atoms with Crippen LogP contribution in [0.25, 0.3) is 0 Å². The van der Waals surface area contributed by atoms with Crippen molar-refractivity contribution >= 4 is 38.5 Å². The van der Waals surface area contributed by atoms with E-state index in [9.17, 15) is 12.8 Å². The lowest BCUT2D eigenvalue weighted by molar-refractivity contribution is 0.586. The fourth-order valence-corrected chi connectivity index (χ4v) is 2.80. The van der Waals surface area contributed by atoms with Gasteiger partial charge in [-0.15, -0.1) is 0 Å². The topological polar surface area (TPSA) is 58.2 Å². The largest absolute Gasteiger partial charge is 0.299 e. The van der Waals surface area contributed by atoms with Crippen LogP contribution in [0.15, 0.2) is 18.2 Å². The minimum Gasteiger partial charge on any atom is -0.270 e. The monoisotopic (exact) mass is 358 g/mol. The third-order valence-electron chi connectivity index (χ3n) is 1.72. The molecule has 0 saturated carbocycles. The highest BCUT2D eigenvalue weighted by Crippen LogP contribution is 2.19. The molecule has 0 radical (unpaired) electrons. The number of benzene rings is 1. The molecule has 0 atom stereocenters. The Balaban J connectivity index is 2.80. The highest BCUT2D eigenvalue weighted by Gasteiger charge is 2.10. The molecule has 0 aromatic heterocycles. The van der Waals surface area contributed by atoms with Crippen LogP contribution in [0.5, 0.6) is 0 Å². The molecule has 0 aliphatic heterocycles. The van der Waals surface area contributed by atoms with E-state index in [1.165, 1.54) is 18.2 Å². The Morgan fingerprint density at radius 3 is 2.69 bits per heavy atom. The van der Waals surface area contributed by atoms with Crippen LogP contribution in [0.3, 0.4) is 0 Å². The molecular weight excluding hydrogens is 346 g/mol.